The summed E-state index contributed by atoms with van der Waals surface area (Å²) in [5, 5.41) is 2.95. The van der Waals surface area contributed by atoms with Crippen LogP contribution in [-0.2, 0) is 19.3 Å². The van der Waals surface area contributed by atoms with E-state index in [0.29, 0.717) is 18.7 Å². The number of thiophene rings is 1. The molecule has 1 amide bonds. The molecular formula is C25H28F3N3OS2. The molecule has 3 aromatic rings. The summed E-state index contributed by atoms with van der Waals surface area (Å²) in [6.07, 6.45) is -3.39. The first-order valence-electron chi connectivity index (χ1n) is 10.9. The van der Waals surface area contributed by atoms with E-state index in [4.69, 9.17) is 0 Å². The van der Waals surface area contributed by atoms with Crippen LogP contribution in [0.3, 0.4) is 0 Å². The monoisotopic (exact) mass is 507 g/mol. The van der Waals surface area contributed by atoms with E-state index in [0.717, 1.165) is 51.9 Å². The van der Waals surface area contributed by atoms with E-state index in [1.807, 2.05) is 50.4 Å². The molecule has 0 saturated carbocycles. The van der Waals surface area contributed by atoms with Crippen molar-refractivity contribution in [3.05, 3.63) is 87.8 Å². The van der Waals surface area contributed by atoms with Gasteiger partial charge in [0.15, 0.2) is 0 Å². The number of nitrogens with one attached hydrogen (secondary N) is 2. The number of alkyl halides is 3. The second-order valence-corrected chi connectivity index (χ2v) is 10.4. The molecular weight excluding hydrogens is 479 g/mol. The molecule has 0 aliphatic rings. The Kier molecular flexibility index (Phi) is 9.58. The molecule has 0 atom stereocenters. The van der Waals surface area contributed by atoms with E-state index in [9.17, 15) is 18.0 Å². The van der Waals surface area contributed by atoms with E-state index in [2.05, 4.69) is 14.9 Å². The van der Waals surface area contributed by atoms with Crippen LogP contribution >= 0.6 is 23.3 Å². The number of aryl methyl sites for hydroxylation is 1. The van der Waals surface area contributed by atoms with Crippen LogP contribution in [0, 0.1) is 6.92 Å². The average Bonchev–Trinajstić information content (AvgIpc) is 3.25. The molecule has 9 heteroatoms. The van der Waals surface area contributed by atoms with Crippen molar-refractivity contribution in [2.75, 3.05) is 20.1 Å². The first kappa shape index (κ1) is 26.3. The Labute approximate surface area is 206 Å². The summed E-state index contributed by atoms with van der Waals surface area (Å²) in [5.41, 5.74) is 2.01. The minimum Gasteiger partial charge on any atom is -0.347 e. The molecule has 0 aliphatic carbocycles. The second-order valence-electron chi connectivity index (χ2n) is 8.05. The number of carbonyl (C=O) groups is 1. The van der Waals surface area contributed by atoms with Gasteiger partial charge < -0.3 is 10.2 Å². The highest BCUT2D eigenvalue weighted by Gasteiger charge is 2.29. The smallest absolute Gasteiger partial charge is 0.347 e. The van der Waals surface area contributed by atoms with Gasteiger partial charge in [-0.15, -0.1) is 11.3 Å². The standard InChI is InChI=1S/C25H28F3N3OS2/c1-18-4-8-20(9-5-18)24(32)29-16-22-12-13-23(33-22)34-30-14-3-15-31(2)17-19-6-10-21(11-7-19)25(26,27)28/h4-13,30H,3,14-17H2,1-2H3,(H,29,32). The van der Waals surface area contributed by atoms with Crippen LogP contribution in [0.4, 0.5) is 13.2 Å². The number of benzene rings is 2. The quantitative estimate of drug-likeness (QED) is 0.242. The SMILES string of the molecule is Cc1ccc(C(=O)NCc2ccc(SNCCCN(C)Cc3ccc(C(F)(F)F)cc3)s2)cc1. The van der Waals surface area contributed by atoms with Crippen molar-refractivity contribution in [2.24, 2.45) is 0 Å². The maximum absolute atomic E-state index is 12.7. The summed E-state index contributed by atoms with van der Waals surface area (Å²) < 4.78 is 42.4. The number of rotatable bonds is 11. The molecule has 3 rings (SSSR count). The van der Waals surface area contributed by atoms with Gasteiger partial charge in [-0.3, -0.25) is 9.52 Å². The first-order valence-corrected chi connectivity index (χ1v) is 12.5. The Bertz CT molecular complexity index is 1050. The highest BCUT2D eigenvalue weighted by atomic mass is 32.2. The molecule has 0 unspecified atom stereocenters. The van der Waals surface area contributed by atoms with Gasteiger partial charge in [0.2, 0.25) is 0 Å². The lowest BCUT2D eigenvalue weighted by Gasteiger charge is -2.17. The topological polar surface area (TPSA) is 44.4 Å². The molecule has 182 valence electrons. The van der Waals surface area contributed by atoms with Gasteiger partial charge in [0.05, 0.1) is 16.3 Å². The molecule has 2 aromatic carbocycles. The maximum atomic E-state index is 12.7. The van der Waals surface area contributed by atoms with Crippen molar-refractivity contribution < 1.29 is 18.0 Å². The van der Waals surface area contributed by atoms with Crippen LogP contribution in [-0.4, -0.2) is 30.9 Å². The number of nitrogens with zero attached hydrogens (tertiary/aromatic N) is 1. The molecule has 34 heavy (non-hydrogen) atoms. The zero-order valence-electron chi connectivity index (χ0n) is 19.1. The fraction of sp³-hybridized carbons (Fsp3) is 0.320. The van der Waals surface area contributed by atoms with Crippen LogP contribution in [0.25, 0.3) is 0 Å². The molecule has 0 aliphatic heterocycles. The van der Waals surface area contributed by atoms with E-state index in [1.54, 1.807) is 23.3 Å². The van der Waals surface area contributed by atoms with Crippen molar-refractivity contribution in [2.45, 2.75) is 36.8 Å². The highest BCUT2D eigenvalue weighted by molar-refractivity contribution is 7.99. The van der Waals surface area contributed by atoms with Crippen molar-refractivity contribution in [3.63, 3.8) is 0 Å². The number of halogens is 3. The Balaban J connectivity index is 1.31. The summed E-state index contributed by atoms with van der Waals surface area (Å²) in [4.78, 5) is 15.4. The number of hydrogen-bond acceptors (Lipinski definition) is 5. The van der Waals surface area contributed by atoms with Gasteiger partial charge in [0, 0.05) is 23.5 Å². The van der Waals surface area contributed by atoms with Gasteiger partial charge >= 0.3 is 6.18 Å². The minimum absolute atomic E-state index is 0.0823. The molecule has 1 aromatic heterocycles. The average molecular weight is 508 g/mol. The summed E-state index contributed by atoms with van der Waals surface area (Å²) in [7, 11) is 1.96. The van der Waals surface area contributed by atoms with Gasteiger partial charge in [-0.25, -0.2) is 0 Å². The summed E-state index contributed by atoms with van der Waals surface area (Å²) in [6.45, 7) is 4.72. The van der Waals surface area contributed by atoms with Gasteiger partial charge in [-0.05, 0) is 80.8 Å². The number of carbonyl (C=O) groups excluding carboxylic acids is 1. The van der Waals surface area contributed by atoms with E-state index in [1.165, 1.54) is 12.1 Å². The van der Waals surface area contributed by atoms with Crippen LogP contribution in [0.1, 0.15) is 38.3 Å². The molecule has 0 spiro atoms. The predicted octanol–water partition coefficient (Wildman–Crippen LogP) is 6.12. The normalized spacial score (nSPS) is 11.7. The molecule has 0 radical (unpaired) electrons. The number of amides is 1. The lowest BCUT2D eigenvalue weighted by Crippen LogP contribution is -2.22. The lowest BCUT2D eigenvalue weighted by atomic mass is 10.1. The maximum Gasteiger partial charge on any atom is 0.416 e. The summed E-state index contributed by atoms with van der Waals surface area (Å²) >= 11 is 3.20. The van der Waals surface area contributed by atoms with E-state index >= 15 is 0 Å². The zero-order chi connectivity index (χ0) is 24.6. The van der Waals surface area contributed by atoms with Crippen LogP contribution in [0.15, 0.2) is 64.9 Å². The van der Waals surface area contributed by atoms with Crippen LogP contribution < -0.4 is 10.0 Å². The molecule has 0 bridgehead atoms. The van der Waals surface area contributed by atoms with E-state index < -0.39 is 11.7 Å². The second kappa shape index (κ2) is 12.4. The fourth-order valence-electron chi connectivity index (χ4n) is 3.22. The summed E-state index contributed by atoms with van der Waals surface area (Å²) in [6, 6.07) is 16.9. The molecule has 0 fully saturated rings. The first-order chi connectivity index (χ1) is 16.2. The molecule has 1 heterocycles. The van der Waals surface area contributed by atoms with Crippen molar-refractivity contribution in [1.29, 1.82) is 0 Å². The Morgan fingerprint density at radius 3 is 2.41 bits per heavy atom. The minimum atomic E-state index is -4.30. The van der Waals surface area contributed by atoms with Crippen molar-refractivity contribution >= 4 is 29.2 Å². The zero-order valence-corrected chi connectivity index (χ0v) is 20.7. The van der Waals surface area contributed by atoms with Gasteiger partial charge in [-0.1, -0.05) is 29.8 Å². The molecule has 4 nitrogen and oxygen atoms in total. The van der Waals surface area contributed by atoms with Gasteiger partial charge in [0.25, 0.3) is 5.91 Å². The Morgan fingerprint density at radius 1 is 1.03 bits per heavy atom. The predicted molar refractivity (Wildman–Crippen MR) is 133 cm³/mol. The lowest BCUT2D eigenvalue weighted by molar-refractivity contribution is -0.137. The van der Waals surface area contributed by atoms with Crippen LogP contribution in [0.5, 0.6) is 0 Å². The van der Waals surface area contributed by atoms with Crippen molar-refractivity contribution in [3.8, 4) is 0 Å². The molecule has 0 saturated heterocycles. The third kappa shape index (κ3) is 8.47. The summed E-state index contributed by atoms with van der Waals surface area (Å²) in [5.74, 6) is -0.0823. The Morgan fingerprint density at radius 2 is 1.74 bits per heavy atom. The Hall–Kier alpha value is -2.33. The largest absolute Gasteiger partial charge is 0.416 e. The van der Waals surface area contributed by atoms with Gasteiger partial charge in [0.1, 0.15) is 0 Å². The van der Waals surface area contributed by atoms with Gasteiger partial charge in [-0.2, -0.15) is 13.2 Å². The third-order valence-corrected chi connectivity index (χ3v) is 7.16. The van der Waals surface area contributed by atoms with E-state index in [-0.39, 0.29) is 5.91 Å². The fourth-order valence-corrected chi connectivity index (χ4v) is 5.08. The third-order valence-electron chi connectivity index (χ3n) is 5.10. The van der Waals surface area contributed by atoms with Crippen molar-refractivity contribution in [1.82, 2.24) is 14.9 Å². The highest BCUT2D eigenvalue weighted by Crippen LogP contribution is 2.29. The number of hydrogen-bond donors (Lipinski definition) is 2. The molecule has 2 N–H and O–H groups in total. The van der Waals surface area contributed by atoms with Crippen LogP contribution in [0.2, 0.25) is 0 Å².